The highest BCUT2D eigenvalue weighted by Gasteiger charge is 2.24. The number of nitrogens with zero attached hydrogens (tertiary/aromatic N) is 1. The average Bonchev–Trinajstić information content (AvgIpc) is 3.38. The topological polar surface area (TPSA) is 33.7 Å². The quantitative estimate of drug-likeness (QED) is 0.827. The summed E-state index contributed by atoms with van der Waals surface area (Å²) in [6, 6.07) is 6.95. The lowest BCUT2D eigenvalue weighted by Crippen LogP contribution is -2.42. The molecule has 1 aromatic rings. The number of hydrogen-bond acceptors (Lipinski definition) is 4. The van der Waals surface area contributed by atoms with Gasteiger partial charge in [0.1, 0.15) is 0 Å². The van der Waals surface area contributed by atoms with Crippen LogP contribution < -0.4 is 14.8 Å². The van der Waals surface area contributed by atoms with E-state index in [4.69, 9.17) is 9.47 Å². The Hall–Kier alpha value is -0.970. The zero-order chi connectivity index (χ0) is 15.4. The molecule has 130 valence electrons. The van der Waals surface area contributed by atoms with Crippen LogP contribution in [0.2, 0.25) is 0 Å². The zero-order valence-corrected chi connectivity index (χ0v) is 15.0. The molecule has 1 saturated heterocycles. The summed E-state index contributed by atoms with van der Waals surface area (Å²) in [5.41, 5.74) is 1.29. The minimum Gasteiger partial charge on any atom is -0.493 e. The first-order valence-electron chi connectivity index (χ1n) is 8.45. The fourth-order valence-corrected chi connectivity index (χ4v) is 3.19. The molecule has 0 atom stereocenters. The van der Waals surface area contributed by atoms with Crippen LogP contribution in [0.4, 0.5) is 0 Å². The molecule has 1 aromatic carbocycles. The van der Waals surface area contributed by atoms with E-state index >= 15 is 0 Å². The van der Waals surface area contributed by atoms with Gasteiger partial charge in [0.25, 0.3) is 0 Å². The molecule has 2 aliphatic rings. The Kier molecular flexibility index (Phi) is 7.00. The summed E-state index contributed by atoms with van der Waals surface area (Å²) in [7, 11) is 3.37. The van der Waals surface area contributed by atoms with Gasteiger partial charge < -0.3 is 14.8 Å². The first-order chi connectivity index (χ1) is 10.8. The standard InChI is InChI=1S/C18H28N2O2.ClH/c1-21-17-6-5-15(11-18(17)22-2)13-20-9-7-16(8-10-20)19-12-14-3-4-14;/h5-6,11,14,16,19H,3-4,7-10,12-13H2,1-2H3;1H. The van der Waals surface area contributed by atoms with E-state index in [0.29, 0.717) is 0 Å². The third-order valence-corrected chi connectivity index (χ3v) is 4.83. The fourth-order valence-electron chi connectivity index (χ4n) is 3.19. The van der Waals surface area contributed by atoms with Gasteiger partial charge >= 0.3 is 0 Å². The third-order valence-electron chi connectivity index (χ3n) is 4.83. The zero-order valence-electron chi connectivity index (χ0n) is 14.2. The summed E-state index contributed by atoms with van der Waals surface area (Å²) in [6.07, 6.45) is 5.40. The molecule has 1 saturated carbocycles. The van der Waals surface area contributed by atoms with Gasteiger partial charge in [0.2, 0.25) is 0 Å². The lowest BCUT2D eigenvalue weighted by atomic mass is 10.0. The van der Waals surface area contributed by atoms with Gasteiger partial charge in [-0.3, -0.25) is 4.90 Å². The molecule has 1 aliphatic carbocycles. The molecule has 2 fully saturated rings. The number of rotatable bonds is 7. The van der Waals surface area contributed by atoms with Gasteiger partial charge in [-0.2, -0.15) is 0 Å². The van der Waals surface area contributed by atoms with Crippen molar-refractivity contribution in [3.8, 4) is 11.5 Å². The summed E-state index contributed by atoms with van der Waals surface area (Å²) in [5.74, 6) is 2.60. The fraction of sp³-hybridized carbons (Fsp3) is 0.667. The number of benzene rings is 1. The van der Waals surface area contributed by atoms with Crippen molar-refractivity contribution in [3.63, 3.8) is 0 Å². The molecule has 0 bridgehead atoms. The maximum Gasteiger partial charge on any atom is 0.161 e. The molecule has 1 N–H and O–H groups in total. The molecule has 4 nitrogen and oxygen atoms in total. The molecular formula is C18H29ClN2O2. The van der Waals surface area contributed by atoms with Gasteiger partial charge in [-0.15, -0.1) is 12.4 Å². The summed E-state index contributed by atoms with van der Waals surface area (Å²) in [4.78, 5) is 2.54. The van der Waals surface area contributed by atoms with Crippen molar-refractivity contribution in [1.82, 2.24) is 10.2 Å². The Morgan fingerprint density at radius 2 is 1.74 bits per heavy atom. The van der Waals surface area contributed by atoms with Crippen LogP contribution in [0.15, 0.2) is 18.2 Å². The molecule has 1 heterocycles. The van der Waals surface area contributed by atoms with Crippen LogP contribution >= 0.6 is 12.4 Å². The second kappa shape index (κ2) is 8.76. The SMILES string of the molecule is COc1ccc(CN2CCC(NCC3CC3)CC2)cc1OC.Cl. The Morgan fingerprint density at radius 1 is 1.04 bits per heavy atom. The van der Waals surface area contributed by atoms with Crippen molar-refractivity contribution in [2.24, 2.45) is 5.92 Å². The van der Waals surface area contributed by atoms with Crippen LogP contribution in [0.1, 0.15) is 31.2 Å². The van der Waals surface area contributed by atoms with Gasteiger partial charge in [0.05, 0.1) is 14.2 Å². The number of ether oxygens (including phenoxy) is 2. The number of hydrogen-bond donors (Lipinski definition) is 1. The maximum atomic E-state index is 5.39. The van der Waals surface area contributed by atoms with Gasteiger partial charge in [0, 0.05) is 12.6 Å². The summed E-state index contributed by atoms with van der Waals surface area (Å²) < 4.78 is 10.7. The normalized spacial score (nSPS) is 19.2. The van der Waals surface area contributed by atoms with Crippen molar-refractivity contribution in [3.05, 3.63) is 23.8 Å². The highest BCUT2D eigenvalue weighted by Crippen LogP contribution is 2.29. The Labute approximate surface area is 145 Å². The average molecular weight is 341 g/mol. The predicted octanol–water partition coefficient (Wildman–Crippen LogP) is 3.09. The minimum absolute atomic E-state index is 0. The van der Waals surface area contributed by atoms with E-state index in [1.165, 1.54) is 50.9 Å². The van der Waals surface area contributed by atoms with Crippen molar-refractivity contribution < 1.29 is 9.47 Å². The van der Waals surface area contributed by atoms with E-state index in [9.17, 15) is 0 Å². The molecule has 1 aliphatic heterocycles. The van der Waals surface area contributed by atoms with E-state index in [0.717, 1.165) is 30.0 Å². The molecule has 0 unspecified atom stereocenters. The van der Waals surface area contributed by atoms with Crippen LogP contribution in [0, 0.1) is 5.92 Å². The molecule has 5 heteroatoms. The Morgan fingerprint density at radius 3 is 2.35 bits per heavy atom. The molecule has 0 aromatic heterocycles. The predicted molar refractivity (Wildman–Crippen MR) is 95.8 cm³/mol. The summed E-state index contributed by atoms with van der Waals surface area (Å²) in [5, 5.41) is 3.74. The maximum absolute atomic E-state index is 5.39. The molecule has 0 amide bonds. The smallest absolute Gasteiger partial charge is 0.161 e. The number of likely N-dealkylation sites (tertiary alicyclic amines) is 1. The van der Waals surface area contributed by atoms with Crippen LogP contribution in [0.5, 0.6) is 11.5 Å². The van der Waals surface area contributed by atoms with Gasteiger partial charge in [0.15, 0.2) is 11.5 Å². The van der Waals surface area contributed by atoms with Gasteiger partial charge in [-0.05, 0) is 68.9 Å². The van der Waals surface area contributed by atoms with E-state index in [1.807, 2.05) is 6.07 Å². The van der Waals surface area contributed by atoms with Crippen LogP contribution in [0.25, 0.3) is 0 Å². The van der Waals surface area contributed by atoms with Crippen molar-refractivity contribution in [2.75, 3.05) is 33.9 Å². The molecule has 0 spiro atoms. The summed E-state index contributed by atoms with van der Waals surface area (Å²) in [6.45, 7) is 4.59. The third kappa shape index (κ3) is 5.27. The molecule has 3 rings (SSSR count). The van der Waals surface area contributed by atoms with E-state index in [2.05, 4.69) is 22.3 Å². The van der Waals surface area contributed by atoms with Crippen LogP contribution in [-0.2, 0) is 6.54 Å². The summed E-state index contributed by atoms with van der Waals surface area (Å²) >= 11 is 0. The largest absolute Gasteiger partial charge is 0.493 e. The van der Waals surface area contributed by atoms with Crippen molar-refractivity contribution >= 4 is 12.4 Å². The van der Waals surface area contributed by atoms with E-state index < -0.39 is 0 Å². The Bertz CT molecular complexity index is 486. The van der Waals surface area contributed by atoms with Crippen molar-refractivity contribution in [1.29, 1.82) is 0 Å². The number of piperidine rings is 1. The monoisotopic (exact) mass is 340 g/mol. The van der Waals surface area contributed by atoms with Gasteiger partial charge in [-0.25, -0.2) is 0 Å². The van der Waals surface area contributed by atoms with E-state index in [-0.39, 0.29) is 12.4 Å². The molecule has 23 heavy (non-hydrogen) atoms. The Balaban J connectivity index is 0.00000192. The molecule has 0 radical (unpaired) electrons. The number of nitrogens with one attached hydrogen (secondary N) is 1. The van der Waals surface area contributed by atoms with Crippen molar-refractivity contribution in [2.45, 2.75) is 38.3 Å². The first-order valence-corrected chi connectivity index (χ1v) is 8.45. The highest BCUT2D eigenvalue weighted by atomic mass is 35.5. The number of halogens is 1. The lowest BCUT2D eigenvalue weighted by Gasteiger charge is -2.32. The van der Waals surface area contributed by atoms with Gasteiger partial charge in [-0.1, -0.05) is 6.07 Å². The van der Waals surface area contributed by atoms with E-state index in [1.54, 1.807) is 14.2 Å². The second-order valence-electron chi connectivity index (χ2n) is 6.59. The first kappa shape index (κ1) is 18.4. The van der Waals surface area contributed by atoms with Crippen LogP contribution in [-0.4, -0.2) is 44.8 Å². The number of methoxy groups -OCH3 is 2. The minimum atomic E-state index is 0. The second-order valence-corrected chi connectivity index (χ2v) is 6.59. The highest BCUT2D eigenvalue weighted by molar-refractivity contribution is 5.85. The molecular weight excluding hydrogens is 312 g/mol. The van der Waals surface area contributed by atoms with Crippen LogP contribution in [0.3, 0.4) is 0 Å². The lowest BCUT2D eigenvalue weighted by molar-refractivity contribution is 0.190.